The molecule has 0 saturated carbocycles. The van der Waals surface area contributed by atoms with Gasteiger partial charge in [-0.1, -0.05) is 37.3 Å². The molecule has 1 fully saturated rings. The van der Waals surface area contributed by atoms with Gasteiger partial charge in [0.25, 0.3) is 0 Å². The van der Waals surface area contributed by atoms with E-state index in [0.717, 1.165) is 25.6 Å². The van der Waals surface area contributed by atoms with E-state index in [1.165, 1.54) is 18.4 Å². The Balaban J connectivity index is 1.97. The van der Waals surface area contributed by atoms with Gasteiger partial charge in [0.1, 0.15) is 0 Å². The minimum atomic E-state index is 0.0675. The Labute approximate surface area is 116 Å². The van der Waals surface area contributed by atoms with Crippen LogP contribution < -0.4 is 5.32 Å². The first kappa shape index (κ1) is 14.1. The topological polar surface area (TPSA) is 32.3 Å². The SMILES string of the molecule is CC(=O)NCC1CC(C)CCN1Cc1ccccc1. The van der Waals surface area contributed by atoms with Crippen LogP contribution in [0.1, 0.15) is 32.3 Å². The first-order chi connectivity index (χ1) is 9.15. The summed E-state index contributed by atoms with van der Waals surface area (Å²) in [6, 6.07) is 11.0. The number of carbonyl (C=O) groups is 1. The van der Waals surface area contributed by atoms with Crippen LogP contribution in [-0.2, 0) is 11.3 Å². The lowest BCUT2D eigenvalue weighted by molar-refractivity contribution is -0.119. The van der Waals surface area contributed by atoms with E-state index in [-0.39, 0.29) is 5.91 Å². The molecular formula is C16H24N2O. The van der Waals surface area contributed by atoms with Crippen LogP contribution in [0.3, 0.4) is 0 Å². The lowest BCUT2D eigenvalue weighted by Gasteiger charge is -2.38. The van der Waals surface area contributed by atoms with E-state index >= 15 is 0 Å². The van der Waals surface area contributed by atoms with Crippen molar-refractivity contribution in [3.05, 3.63) is 35.9 Å². The van der Waals surface area contributed by atoms with Gasteiger partial charge in [0, 0.05) is 26.1 Å². The molecule has 3 nitrogen and oxygen atoms in total. The van der Waals surface area contributed by atoms with Crippen molar-refractivity contribution < 1.29 is 4.79 Å². The molecular weight excluding hydrogens is 236 g/mol. The molecule has 1 aromatic carbocycles. The molecule has 1 aromatic rings. The normalized spacial score (nSPS) is 24.1. The largest absolute Gasteiger partial charge is 0.355 e. The van der Waals surface area contributed by atoms with Gasteiger partial charge in [0.2, 0.25) is 5.91 Å². The molecule has 0 aromatic heterocycles. The van der Waals surface area contributed by atoms with Gasteiger partial charge in [-0.3, -0.25) is 9.69 Å². The third kappa shape index (κ3) is 4.35. The van der Waals surface area contributed by atoms with Crippen molar-refractivity contribution in [2.75, 3.05) is 13.1 Å². The number of amides is 1. The number of likely N-dealkylation sites (tertiary alicyclic amines) is 1. The van der Waals surface area contributed by atoms with Gasteiger partial charge in [0.05, 0.1) is 0 Å². The number of hydrogen-bond acceptors (Lipinski definition) is 2. The first-order valence-corrected chi connectivity index (χ1v) is 7.17. The van der Waals surface area contributed by atoms with E-state index in [9.17, 15) is 4.79 Å². The van der Waals surface area contributed by atoms with E-state index in [1.54, 1.807) is 6.92 Å². The van der Waals surface area contributed by atoms with Crippen LogP contribution in [0.25, 0.3) is 0 Å². The zero-order valence-corrected chi connectivity index (χ0v) is 11.9. The predicted molar refractivity (Wildman–Crippen MR) is 77.7 cm³/mol. The highest BCUT2D eigenvalue weighted by Gasteiger charge is 2.26. The van der Waals surface area contributed by atoms with Gasteiger partial charge in [-0.25, -0.2) is 0 Å². The molecule has 19 heavy (non-hydrogen) atoms. The van der Waals surface area contributed by atoms with Crippen LogP contribution in [0.4, 0.5) is 0 Å². The van der Waals surface area contributed by atoms with Crippen molar-refractivity contribution >= 4 is 5.91 Å². The maximum Gasteiger partial charge on any atom is 0.216 e. The lowest BCUT2D eigenvalue weighted by atomic mass is 9.92. The Hall–Kier alpha value is -1.35. The van der Waals surface area contributed by atoms with Gasteiger partial charge in [-0.05, 0) is 30.9 Å². The fourth-order valence-electron chi connectivity index (χ4n) is 2.80. The third-order valence-electron chi connectivity index (χ3n) is 3.92. The number of carbonyl (C=O) groups excluding carboxylic acids is 1. The van der Waals surface area contributed by atoms with E-state index in [2.05, 4.69) is 47.5 Å². The summed E-state index contributed by atoms with van der Waals surface area (Å²) in [5.74, 6) is 0.823. The minimum absolute atomic E-state index is 0.0675. The molecule has 1 aliphatic rings. The van der Waals surface area contributed by atoms with Crippen LogP contribution in [0.2, 0.25) is 0 Å². The second-order valence-corrected chi connectivity index (χ2v) is 5.68. The number of benzene rings is 1. The zero-order chi connectivity index (χ0) is 13.7. The van der Waals surface area contributed by atoms with Gasteiger partial charge in [-0.2, -0.15) is 0 Å². The Morgan fingerprint density at radius 3 is 2.79 bits per heavy atom. The van der Waals surface area contributed by atoms with Crippen molar-refractivity contribution in [3.8, 4) is 0 Å². The Morgan fingerprint density at radius 2 is 2.11 bits per heavy atom. The molecule has 1 amide bonds. The molecule has 2 atom stereocenters. The lowest BCUT2D eigenvalue weighted by Crippen LogP contribution is -2.47. The molecule has 0 radical (unpaired) electrons. The fraction of sp³-hybridized carbons (Fsp3) is 0.562. The zero-order valence-electron chi connectivity index (χ0n) is 11.9. The maximum atomic E-state index is 11.1. The first-order valence-electron chi connectivity index (χ1n) is 7.17. The minimum Gasteiger partial charge on any atom is -0.355 e. The third-order valence-corrected chi connectivity index (χ3v) is 3.92. The maximum absolute atomic E-state index is 11.1. The standard InChI is InChI=1S/C16H24N2O/c1-13-8-9-18(12-15-6-4-3-5-7-15)16(10-13)11-17-14(2)19/h3-7,13,16H,8-12H2,1-2H3,(H,17,19). The van der Waals surface area contributed by atoms with Crippen LogP contribution in [0.15, 0.2) is 30.3 Å². The van der Waals surface area contributed by atoms with Crippen molar-refractivity contribution in [1.82, 2.24) is 10.2 Å². The second-order valence-electron chi connectivity index (χ2n) is 5.68. The highest BCUT2D eigenvalue weighted by molar-refractivity contribution is 5.72. The molecule has 1 aliphatic heterocycles. The monoisotopic (exact) mass is 260 g/mol. The van der Waals surface area contributed by atoms with Crippen molar-refractivity contribution in [2.24, 2.45) is 5.92 Å². The summed E-state index contributed by atoms with van der Waals surface area (Å²) in [7, 11) is 0. The molecule has 0 aliphatic carbocycles. The van der Waals surface area contributed by atoms with Crippen molar-refractivity contribution in [3.63, 3.8) is 0 Å². The molecule has 0 bridgehead atoms. The average molecular weight is 260 g/mol. The number of hydrogen-bond donors (Lipinski definition) is 1. The smallest absolute Gasteiger partial charge is 0.216 e. The highest BCUT2D eigenvalue weighted by Crippen LogP contribution is 2.23. The van der Waals surface area contributed by atoms with Gasteiger partial charge in [-0.15, -0.1) is 0 Å². The van der Waals surface area contributed by atoms with Gasteiger partial charge in [0.15, 0.2) is 0 Å². The van der Waals surface area contributed by atoms with Crippen molar-refractivity contribution in [2.45, 2.75) is 39.3 Å². The molecule has 1 N–H and O–H groups in total. The molecule has 2 unspecified atom stereocenters. The molecule has 0 spiro atoms. The van der Waals surface area contributed by atoms with Crippen LogP contribution in [0.5, 0.6) is 0 Å². The van der Waals surface area contributed by atoms with E-state index < -0.39 is 0 Å². The number of nitrogens with zero attached hydrogens (tertiary/aromatic N) is 1. The van der Waals surface area contributed by atoms with Crippen LogP contribution in [-0.4, -0.2) is 29.9 Å². The summed E-state index contributed by atoms with van der Waals surface area (Å²) in [5, 5.41) is 2.97. The Kier molecular flexibility index (Phi) is 4.97. The van der Waals surface area contributed by atoms with E-state index in [4.69, 9.17) is 0 Å². The molecule has 1 heterocycles. The predicted octanol–water partition coefficient (Wildman–Crippen LogP) is 2.42. The van der Waals surface area contributed by atoms with Crippen molar-refractivity contribution in [1.29, 1.82) is 0 Å². The quantitative estimate of drug-likeness (QED) is 0.901. The van der Waals surface area contributed by atoms with Crippen LogP contribution >= 0.6 is 0 Å². The summed E-state index contributed by atoms with van der Waals surface area (Å²) in [5.41, 5.74) is 1.35. The molecule has 1 saturated heterocycles. The number of nitrogens with one attached hydrogen (secondary N) is 1. The molecule has 2 rings (SSSR count). The van der Waals surface area contributed by atoms with Gasteiger partial charge < -0.3 is 5.32 Å². The average Bonchev–Trinajstić information content (AvgIpc) is 2.40. The summed E-state index contributed by atoms with van der Waals surface area (Å²) in [4.78, 5) is 13.6. The fourth-order valence-corrected chi connectivity index (χ4v) is 2.80. The summed E-state index contributed by atoms with van der Waals surface area (Å²) in [6.07, 6.45) is 2.43. The highest BCUT2D eigenvalue weighted by atomic mass is 16.1. The Bertz CT molecular complexity index is 404. The van der Waals surface area contributed by atoms with E-state index in [0.29, 0.717) is 6.04 Å². The summed E-state index contributed by atoms with van der Waals surface area (Å²) < 4.78 is 0. The summed E-state index contributed by atoms with van der Waals surface area (Å²) in [6.45, 7) is 6.78. The molecule has 3 heteroatoms. The Morgan fingerprint density at radius 1 is 1.37 bits per heavy atom. The number of rotatable bonds is 4. The van der Waals surface area contributed by atoms with Gasteiger partial charge >= 0.3 is 0 Å². The number of piperidine rings is 1. The molecule has 104 valence electrons. The van der Waals surface area contributed by atoms with Crippen LogP contribution in [0, 0.1) is 5.92 Å². The van der Waals surface area contributed by atoms with E-state index in [1.807, 2.05) is 0 Å². The summed E-state index contributed by atoms with van der Waals surface area (Å²) >= 11 is 0. The second kappa shape index (κ2) is 6.71.